The Bertz CT molecular complexity index is 1700. The van der Waals surface area contributed by atoms with Crippen LogP contribution in [0.2, 0.25) is 0 Å². The molecular formula is C34H40N2O7S. The van der Waals surface area contributed by atoms with E-state index in [0.29, 0.717) is 39.6 Å². The van der Waals surface area contributed by atoms with Crippen molar-refractivity contribution >= 4 is 29.4 Å². The Morgan fingerprint density at radius 1 is 1.05 bits per heavy atom. The molecule has 234 valence electrons. The third-order valence-corrected chi connectivity index (χ3v) is 7.80. The van der Waals surface area contributed by atoms with Crippen LogP contribution in [-0.4, -0.2) is 36.3 Å². The van der Waals surface area contributed by atoms with E-state index >= 15 is 0 Å². The fraction of sp³-hybridized carbons (Fsp3) is 0.412. The van der Waals surface area contributed by atoms with Crippen molar-refractivity contribution in [1.82, 2.24) is 4.57 Å². The Hall–Kier alpha value is -4.18. The molecule has 2 aromatic carbocycles. The predicted molar refractivity (Wildman–Crippen MR) is 170 cm³/mol. The molecule has 0 amide bonds. The zero-order valence-corrected chi connectivity index (χ0v) is 27.0. The average molecular weight is 621 g/mol. The molecule has 1 unspecified atom stereocenters. The molecule has 0 saturated carbocycles. The lowest BCUT2D eigenvalue weighted by atomic mass is 9.95. The summed E-state index contributed by atoms with van der Waals surface area (Å²) in [6.07, 6.45) is 5.08. The van der Waals surface area contributed by atoms with Crippen molar-refractivity contribution < 1.29 is 28.5 Å². The molecule has 44 heavy (non-hydrogen) atoms. The highest BCUT2D eigenvalue weighted by Gasteiger charge is 2.34. The van der Waals surface area contributed by atoms with E-state index in [4.69, 9.17) is 18.9 Å². The average Bonchev–Trinajstić information content (AvgIpc) is 3.28. The largest absolute Gasteiger partial charge is 0.494 e. The monoisotopic (exact) mass is 620 g/mol. The van der Waals surface area contributed by atoms with Crippen LogP contribution in [0.15, 0.2) is 63.5 Å². The minimum Gasteiger partial charge on any atom is -0.494 e. The summed E-state index contributed by atoms with van der Waals surface area (Å²) in [5.74, 6) is 0.441. The highest BCUT2D eigenvalue weighted by atomic mass is 32.1. The Morgan fingerprint density at radius 3 is 2.45 bits per heavy atom. The molecule has 1 atom stereocenters. The van der Waals surface area contributed by atoms with Gasteiger partial charge in [0.05, 0.1) is 41.7 Å². The number of nitrogens with zero attached hydrogens (tertiary/aromatic N) is 2. The maximum Gasteiger partial charge on any atom is 0.338 e. The van der Waals surface area contributed by atoms with Gasteiger partial charge in [-0.1, -0.05) is 63.1 Å². The lowest BCUT2D eigenvalue weighted by molar-refractivity contribution is -0.140. The first kappa shape index (κ1) is 32.7. The summed E-state index contributed by atoms with van der Waals surface area (Å²) >= 11 is 1.25. The van der Waals surface area contributed by atoms with Gasteiger partial charge in [-0.05, 0) is 67.7 Å². The zero-order chi connectivity index (χ0) is 31.8. The molecule has 1 aliphatic rings. The number of aromatic nitrogens is 1. The van der Waals surface area contributed by atoms with Gasteiger partial charge in [-0.2, -0.15) is 0 Å². The van der Waals surface area contributed by atoms with Crippen LogP contribution in [0.5, 0.6) is 17.2 Å². The van der Waals surface area contributed by atoms with Crippen molar-refractivity contribution in [2.24, 2.45) is 10.9 Å². The maximum atomic E-state index is 14.0. The number of unbranched alkanes of at least 4 members (excludes halogenated alkanes) is 2. The molecule has 1 aromatic heterocycles. The topological polar surface area (TPSA) is 105 Å². The molecule has 3 aromatic rings. The molecule has 0 fully saturated rings. The standard InChI is InChI=1S/C34H40N2O7S/c1-7-9-10-17-41-26-14-11-24(12-15-26)18-29-32(38)36-31(25-13-16-27(43-23(6)37)28(19-25)40-8-2)30(22(5)35-34(36)44-29)33(39)42-20-21(3)4/h11-16,18-19,21,31H,7-10,17,20H2,1-6H3/b29-18-. The Labute approximate surface area is 261 Å². The second-order valence-corrected chi connectivity index (χ2v) is 11.9. The summed E-state index contributed by atoms with van der Waals surface area (Å²) in [6.45, 7) is 12.1. The molecule has 1 aliphatic heterocycles. The van der Waals surface area contributed by atoms with E-state index in [1.807, 2.05) is 51.1 Å². The highest BCUT2D eigenvalue weighted by molar-refractivity contribution is 7.07. The number of carbonyl (C=O) groups is 2. The van der Waals surface area contributed by atoms with E-state index < -0.39 is 18.0 Å². The Kier molecular flexibility index (Phi) is 11.2. The van der Waals surface area contributed by atoms with Crippen LogP contribution in [0, 0.1) is 5.92 Å². The molecule has 0 saturated heterocycles. The number of rotatable bonds is 13. The van der Waals surface area contributed by atoms with Gasteiger partial charge >= 0.3 is 11.9 Å². The number of esters is 2. The molecule has 0 bridgehead atoms. The number of hydrogen-bond donors (Lipinski definition) is 0. The van der Waals surface area contributed by atoms with Gasteiger partial charge in [-0.3, -0.25) is 14.2 Å². The molecule has 2 heterocycles. The fourth-order valence-corrected chi connectivity index (χ4v) is 5.82. The molecule has 9 nitrogen and oxygen atoms in total. The number of benzene rings is 2. The van der Waals surface area contributed by atoms with Gasteiger partial charge < -0.3 is 18.9 Å². The summed E-state index contributed by atoms with van der Waals surface area (Å²) in [5.41, 5.74) is 1.86. The van der Waals surface area contributed by atoms with Gasteiger partial charge in [-0.25, -0.2) is 9.79 Å². The summed E-state index contributed by atoms with van der Waals surface area (Å²) < 4.78 is 24.6. The molecule has 0 spiro atoms. The smallest absolute Gasteiger partial charge is 0.338 e. The van der Waals surface area contributed by atoms with Crippen LogP contribution in [0.4, 0.5) is 0 Å². The first-order chi connectivity index (χ1) is 21.1. The van der Waals surface area contributed by atoms with Crippen molar-refractivity contribution in [3.05, 3.63) is 84.5 Å². The van der Waals surface area contributed by atoms with Crippen LogP contribution >= 0.6 is 11.3 Å². The van der Waals surface area contributed by atoms with Crippen molar-refractivity contribution in [3.63, 3.8) is 0 Å². The quantitative estimate of drug-likeness (QED) is 0.145. The summed E-state index contributed by atoms with van der Waals surface area (Å²) in [4.78, 5) is 44.4. The van der Waals surface area contributed by atoms with Crippen molar-refractivity contribution in [2.75, 3.05) is 19.8 Å². The van der Waals surface area contributed by atoms with E-state index in [-0.39, 0.29) is 29.4 Å². The van der Waals surface area contributed by atoms with Crippen molar-refractivity contribution in [3.8, 4) is 17.2 Å². The third-order valence-electron chi connectivity index (χ3n) is 6.82. The summed E-state index contributed by atoms with van der Waals surface area (Å²) in [7, 11) is 0. The maximum absolute atomic E-state index is 14.0. The van der Waals surface area contributed by atoms with Crippen molar-refractivity contribution in [2.45, 2.75) is 66.8 Å². The molecular weight excluding hydrogens is 580 g/mol. The van der Waals surface area contributed by atoms with Crippen LogP contribution < -0.4 is 29.1 Å². The van der Waals surface area contributed by atoms with Gasteiger partial charge in [-0.15, -0.1) is 0 Å². The molecule has 10 heteroatoms. The van der Waals surface area contributed by atoms with Crippen LogP contribution in [-0.2, 0) is 14.3 Å². The van der Waals surface area contributed by atoms with Crippen LogP contribution in [0.1, 0.15) is 78.0 Å². The minimum atomic E-state index is -0.836. The number of fused-ring (bicyclic) bond motifs is 1. The van der Waals surface area contributed by atoms with E-state index in [9.17, 15) is 14.4 Å². The molecule has 0 radical (unpaired) electrons. The first-order valence-electron chi connectivity index (χ1n) is 15.0. The van der Waals surface area contributed by atoms with E-state index in [1.165, 1.54) is 22.8 Å². The van der Waals surface area contributed by atoms with E-state index in [2.05, 4.69) is 11.9 Å². The summed E-state index contributed by atoms with van der Waals surface area (Å²) in [6, 6.07) is 11.8. The van der Waals surface area contributed by atoms with E-state index in [0.717, 1.165) is 30.6 Å². The second kappa shape index (κ2) is 15.0. The SMILES string of the molecule is CCCCCOc1ccc(/C=c2\sc3n(c2=O)C(c2ccc(OC(C)=O)c(OCC)c2)C(C(=O)OCC(C)C)=C(C)N=3)cc1. The highest BCUT2D eigenvalue weighted by Crippen LogP contribution is 2.36. The van der Waals surface area contributed by atoms with Gasteiger partial charge in [0, 0.05) is 6.92 Å². The fourth-order valence-electron chi connectivity index (χ4n) is 4.77. The van der Waals surface area contributed by atoms with Gasteiger partial charge in [0.2, 0.25) is 0 Å². The molecule has 0 N–H and O–H groups in total. The number of hydrogen-bond acceptors (Lipinski definition) is 9. The lowest BCUT2D eigenvalue weighted by Gasteiger charge is -2.25. The first-order valence-corrected chi connectivity index (χ1v) is 15.8. The van der Waals surface area contributed by atoms with E-state index in [1.54, 1.807) is 25.1 Å². The summed E-state index contributed by atoms with van der Waals surface area (Å²) in [5, 5.41) is 0. The minimum absolute atomic E-state index is 0.125. The lowest BCUT2D eigenvalue weighted by Crippen LogP contribution is -2.40. The zero-order valence-electron chi connectivity index (χ0n) is 26.2. The molecule has 0 aliphatic carbocycles. The van der Waals surface area contributed by atoms with Crippen molar-refractivity contribution in [1.29, 1.82) is 0 Å². The van der Waals surface area contributed by atoms with Crippen LogP contribution in [0.25, 0.3) is 6.08 Å². The Morgan fingerprint density at radius 2 is 1.80 bits per heavy atom. The predicted octanol–water partition coefficient (Wildman–Crippen LogP) is 5.33. The Balaban J connectivity index is 1.80. The normalized spacial score (nSPS) is 14.7. The van der Waals surface area contributed by atoms with Crippen LogP contribution in [0.3, 0.4) is 0 Å². The van der Waals surface area contributed by atoms with Gasteiger partial charge in [0.25, 0.3) is 5.56 Å². The van der Waals surface area contributed by atoms with Gasteiger partial charge in [0.15, 0.2) is 16.3 Å². The number of allylic oxidation sites excluding steroid dienone is 1. The second-order valence-electron chi connectivity index (χ2n) is 10.9. The van der Waals surface area contributed by atoms with Gasteiger partial charge in [0.1, 0.15) is 5.75 Å². The number of thiazole rings is 1. The number of ether oxygens (including phenoxy) is 4. The number of carbonyl (C=O) groups excluding carboxylic acids is 2. The third kappa shape index (κ3) is 7.85. The molecule has 4 rings (SSSR count).